The molecular formula is C22H26ClFN8O. The summed E-state index contributed by atoms with van der Waals surface area (Å²) in [5.41, 5.74) is 6.44. The highest BCUT2D eigenvalue weighted by Gasteiger charge is 2.25. The first kappa shape index (κ1) is 24.1. The molecule has 4 rings (SSSR count). The van der Waals surface area contributed by atoms with Crippen LogP contribution in [0.4, 0.5) is 27.8 Å². The van der Waals surface area contributed by atoms with Crippen LogP contribution in [0.3, 0.4) is 0 Å². The predicted octanol–water partition coefficient (Wildman–Crippen LogP) is 3.45. The topological polar surface area (TPSA) is 122 Å². The lowest BCUT2D eigenvalue weighted by molar-refractivity contribution is -0.122. The summed E-state index contributed by atoms with van der Waals surface area (Å²) in [6.45, 7) is 3.21. The van der Waals surface area contributed by atoms with E-state index in [4.69, 9.17) is 5.73 Å². The molecule has 11 heteroatoms. The van der Waals surface area contributed by atoms with Gasteiger partial charge in [0.1, 0.15) is 23.3 Å². The van der Waals surface area contributed by atoms with Gasteiger partial charge in [0.05, 0.1) is 18.2 Å². The van der Waals surface area contributed by atoms with Gasteiger partial charge in [0.2, 0.25) is 11.9 Å². The molecule has 0 radical (unpaired) electrons. The van der Waals surface area contributed by atoms with E-state index >= 15 is 0 Å². The fraction of sp³-hybridized carbons (Fsp3) is 0.318. The van der Waals surface area contributed by atoms with E-state index in [-0.39, 0.29) is 36.1 Å². The molecule has 174 valence electrons. The number of halogens is 2. The molecule has 33 heavy (non-hydrogen) atoms. The number of carbonyl (C=O) groups is 1. The van der Waals surface area contributed by atoms with E-state index in [0.717, 1.165) is 24.9 Å². The molecule has 0 aliphatic carbocycles. The van der Waals surface area contributed by atoms with Crippen LogP contribution < -0.4 is 21.3 Å². The second kappa shape index (κ2) is 10.9. The van der Waals surface area contributed by atoms with Crippen LogP contribution in [0.5, 0.6) is 0 Å². The Hall–Kier alpha value is -3.53. The van der Waals surface area contributed by atoms with Crippen LogP contribution in [0.25, 0.3) is 0 Å². The molecule has 2 aromatic heterocycles. The lowest BCUT2D eigenvalue weighted by atomic mass is 9.97. The zero-order valence-corrected chi connectivity index (χ0v) is 18.9. The first-order chi connectivity index (χ1) is 15.5. The first-order valence-corrected chi connectivity index (χ1v) is 10.5. The van der Waals surface area contributed by atoms with Crippen molar-refractivity contribution in [1.29, 1.82) is 0 Å². The zero-order chi connectivity index (χ0) is 22.5. The Kier molecular flexibility index (Phi) is 7.94. The summed E-state index contributed by atoms with van der Waals surface area (Å²) in [6, 6.07) is 7.93. The highest BCUT2D eigenvalue weighted by Crippen LogP contribution is 2.27. The van der Waals surface area contributed by atoms with Crippen LogP contribution >= 0.6 is 12.4 Å². The fourth-order valence-corrected chi connectivity index (χ4v) is 3.67. The van der Waals surface area contributed by atoms with Gasteiger partial charge in [-0.15, -0.1) is 12.4 Å². The van der Waals surface area contributed by atoms with E-state index in [2.05, 4.69) is 30.6 Å². The number of nitrogens with two attached hydrogens (primary N) is 1. The Bertz CT molecular complexity index is 1070. The van der Waals surface area contributed by atoms with Crippen LogP contribution in [-0.2, 0) is 4.79 Å². The van der Waals surface area contributed by atoms with Crippen LogP contribution in [0.15, 0.2) is 48.9 Å². The largest absolute Gasteiger partial charge is 0.369 e. The number of amides is 1. The van der Waals surface area contributed by atoms with Crippen molar-refractivity contribution in [2.24, 2.45) is 11.7 Å². The molecule has 3 heterocycles. The van der Waals surface area contributed by atoms with E-state index in [0.29, 0.717) is 29.9 Å². The number of rotatable bonds is 7. The molecule has 2 atom stereocenters. The maximum atomic E-state index is 13.3. The van der Waals surface area contributed by atoms with Crippen molar-refractivity contribution in [2.75, 3.05) is 28.6 Å². The molecule has 1 amide bonds. The first-order valence-electron chi connectivity index (χ1n) is 10.5. The third kappa shape index (κ3) is 6.26. The number of hydrogen-bond donors (Lipinski definition) is 3. The highest BCUT2D eigenvalue weighted by molar-refractivity contribution is 5.85. The third-order valence-electron chi connectivity index (χ3n) is 5.40. The Labute approximate surface area is 197 Å². The number of piperidine rings is 1. The molecule has 9 nitrogen and oxygen atoms in total. The Morgan fingerprint density at radius 3 is 2.70 bits per heavy atom. The van der Waals surface area contributed by atoms with Crippen LogP contribution in [0.1, 0.15) is 31.4 Å². The lowest BCUT2D eigenvalue weighted by Gasteiger charge is -2.32. The molecule has 3 aromatic rings. The summed E-state index contributed by atoms with van der Waals surface area (Å²) in [5.74, 6) is 1.34. The van der Waals surface area contributed by atoms with Crippen LogP contribution in [0, 0.1) is 11.7 Å². The van der Waals surface area contributed by atoms with Crippen molar-refractivity contribution in [3.63, 3.8) is 0 Å². The predicted molar refractivity (Wildman–Crippen MR) is 127 cm³/mol. The summed E-state index contributed by atoms with van der Waals surface area (Å²) < 4.78 is 13.3. The van der Waals surface area contributed by atoms with Crippen molar-refractivity contribution in [3.8, 4) is 0 Å². The van der Waals surface area contributed by atoms with Crippen molar-refractivity contribution in [2.45, 2.75) is 25.8 Å². The van der Waals surface area contributed by atoms with Gasteiger partial charge in [0.15, 0.2) is 0 Å². The Balaban J connectivity index is 0.00000306. The van der Waals surface area contributed by atoms with Crippen LogP contribution in [0.2, 0.25) is 0 Å². The lowest BCUT2D eigenvalue weighted by Crippen LogP contribution is -2.41. The van der Waals surface area contributed by atoms with E-state index in [1.54, 1.807) is 30.7 Å². The molecule has 0 saturated carbocycles. The van der Waals surface area contributed by atoms with E-state index in [1.807, 2.05) is 17.9 Å². The number of primary amides is 1. The fourth-order valence-electron chi connectivity index (χ4n) is 3.67. The Morgan fingerprint density at radius 2 is 2.00 bits per heavy atom. The normalized spacial score (nSPS) is 16.4. The standard InChI is InChI=1S/C22H25FN8O.ClH/c1-14(15-4-6-17(23)7-5-15)27-22-29-18(28-19-12-25-8-9-26-19)11-20(30-22)31-10-2-3-16(13-31)21(24)32;/h4-9,11-12,14,16H,2-3,10,13H2,1H3,(H2,24,32)(H2,26,27,28,29,30);1H/t14-,16?;/m0./s1. The van der Waals surface area contributed by atoms with E-state index in [1.165, 1.54) is 12.1 Å². The number of nitrogens with zero attached hydrogens (tertiary/aromatic N) is 5. The molecule has 1 unspecified atom stereocenters. The van der Waals surface area contributed by atoms with Crippen LogP contribution in [-0.4, -0.2) is 38.9 Å². The second-order valence-corrected chi connectivity index (χ2v) is 7.76. The van der Waals surface area contributed by atoms with E-state index in [9.17, 15) is 9.18 Å². The number of benzene rings is 1. The molecule has 1 aromatic carbocycles. The third-order valence-corrected chi connectivity index (χ3v) is 5.40. The van der Waals surface area contributed by atoms with Gasteiger partial charge in [-0.1, -0.05) is 12.1 Å². The van der Waals surface area contributed by atoms with Gasteiger partial charge in [-0.25, -0.2) is 9.37 Å². The minimum absolute atomic E-state index is 0. The molecule has 0 bridgehead atoms. The summed E-state index contributed by atoms with van der Waals surface area (Å²) >= 11 is 0. The summed E-state index contributed by atoms with van der Waals surface area (Å²) in [7, 11) is 0. The molecular weight excluding hydrogens is 447 g/mol. The smallest absolute Gasteiger partial charge is 0.227 e. The molecule has 0 spiro atoms. The number of anilines is 4. The summed E-state index contributed by atoms with van der Waals surface area (Å²) in [4.78, 5) is 31.3. The maximum Gasteiger partial charge on any atom is 0.227 e. The van der Waals surface area contributed by atoms with Gasteiger partial charge in [0.25, 0.3) is 0 Å². The van der Waals surface area contributed by atoms with Crippen molar-refractivity contribution in [1.82, 2.24) is 19.9 Å². The molecule has 1 aliphatic heterocycles. The minimum atomic E-state index is -0.301. The minimum Gasteiger partial charge on any atom is -0.369 e. The van der Waals surface area contributed by atoms with Gasteiger partial charge in [-0.05, 0) is 37.5 Å². The summed E-state index contributed by atoms with van der Waals surface area (Å²) in [6.07, 6.45) is 6.39. The quantitative estimate of drug-likeness (QED) is 0.478. The average molecular weight is 473 g/mol. The average Bonchev–Trinajstić information content (AvgIpc) is 2.80. The number of carbonyl (C=O) groups excluding carboxylic acids is 1. The Morgan fingerprint density at radius 1 is 1.21 bits per heavy atom. The molecule has 1 fully saturated rings. The molecule has 4 N–H and O–H groups in total. The highest BCUT2D eigenvalue weighted by atomic mass is 35.5. The zero-order valence-electron chi connectivity index (χ0n) is 18.1. The maximum absolute atomic E-state index is 13.3. The van der Waals surface area contributed by atoms with Gasteiger partial charge in [-0.3, -0.25) is 9.78 Å². The second-order valence-electron chi connectivity index (χ2n) is 7.76. The SMILES string of the molecule is C[C@H](Nc1nc(Nc2cnccn2)cc(N2CCCC(C(N)=O)C2)n1)c1ccc(F)cc1.Cl. The number of nitrogens with one attached hydrogen (secondary N) is 2. The monoisotopic (exact) mass is 472 g/mol. The molecule has 1 aliphatic rings. The summed E-state index contributed by atoms with van der Waals surface area (Å²) in [5, 5.41) is 6.42. The number of aromatic nitrogens is 4. The van der Waals surface area contributed by atoms with Crippen molar-refractivity contribution >= 4 is 41.7 Å². The van der Waals surface area contributed by atoms with E-state index < -0.39 is 0 Å². The molecule has 1 saturated heterocycles. The van der Waals surface area contributed by atoms with Gasteiger partial charge >= 0.3 is 0 Å². The van der Waals surface area contributed by atoms with Gasteiger partial charge in [-0.2, -0.15) is 9.97 Å². The van der Waals surface area contributed by atoms with Gasteiger partial charge in [0, 0.05) is 31.5 Å². The van der Waals surface area contributed by atoms with Gasteiger partial charge < -0.3 is 21.3 Å². The van der Waals surface area contributed by atoms with Crippen molar-refractivity contribution in [3.05, 3.63) is 60.3 Å². The number of hydrogen-bond acceptors (Lipinski definition) is 8. The van der Waals surface area contributed by atoms with Crippen molar-refractivity contribution < 1.29 is 9.18 Å².